The molecule has 0 saturated carbocycles. The molecule has 0 aliphatic carbocycles. The van der Waals surface area contributed by atoms with E-state index in [1.54, 1.807) is 17.1 Å². The summed E-state index contributed by atoms with van der Waals surface area (Å²) in [6, 6.07) is 15.3. The van der Waals surface area contributed by atoms with Gasteiger partial charge < -0.3 is 16.0 Å². The van der Waals surface area contributed by atoms with E-state index in [-0.39, 0.29) is 17.7 Å². The van der Waals surface area contributed by atoms with Gasteiger partial charge in [-0.15, -0.1) is 0 Å². The SMILES string of the molecule is NC(=O)C1CCN(c2ccc(NC(=O)c3cnn(Cc4ccccc4Cl)c3)cc2)CC1. The lowest BCUT2D eigenvalue weighted by Crippen LogP contribution is -2.38. The fraction of sp³-hybridized carbons (Fsp3) is 0.261. The molecule has 3 aromatic rings. The van der Waals surface area contributed by atoms with E-state index in [0.717, 1.165) is 37.2 Å². The molecule has 8 heteroatoms. The highest BCUT2D eigenvalue weighted by molar-refractivity contribution is 6.31. The van der Waals surface area contributed by atoms with Gasteiger partial charge in [0.25, 0.3) is 5.91 Å². The van der Waals surface area contributed by atoms with E-state index < -0.39 is 0 Å². The fourth-order valence-corrected chi connectivity index (χ4v) is 3.94. The third kappa shape index (κ3) is 5.06. The third-order valence-corrected chi connectivity index (χ3v) is 5.94. The number of hydrogen-bond acceptors (Lipinski definition) is 4. The van der Waals surface area contributed by atoms with Crippen molar-refractivity contribution in [3.8, 4) is 0 Å². The minimum absolute atomic E-state index is 0.0337. The number of carbonyl (C=O) groups excluding carboxylic acids is 2. The number of nitrogens with zero attached hydrogens (tertiary/aromatic N) is 3. The fourth-order valence-electron chi connectivity index (χ4n) is 3.75. The topological polar surface area (TPSA) is 93.2 Å². The van der Waals surface area contributed by atoms with Gasteiger partial charge in [-0.3, -0.25) is 14.3 Å². The Morgan fingerprint density at radius 1 is 1.10 bits per heavy atom. The largest absolute Gasteiger partial charge is 0.371 e. The van der Waals surface area contributed by atoms with Crippen LogP contribution in [0, 0.1) is 5.92 Å². The summed E-state index contributed by atoms with van der Waals surface area (Å²) in [7, 11) is 0. The van der Waals surface area contributed by atoms with Gasteiger partial charge in [-0.2, -0.15) is 5.10 Å². The summed E-state index contributed by atoms with van der Waals surface area (Å²) >= 11 is 6.20. The van der Waals surface area contributed by atoms with Crippen molar-refractivity contribution in [2.75, 3.05) is 23.3 Å². The molecule has 2 amide bonds. The lowest BCUT2D eigenvalue weighted by atomic mass is 9.96. The van der Waals surface area contributed by atoms with Crippen LogP contribution in [0.2, 0.25) is 5.02 Å². The van der Waals surface area contributed by atoms with Crippen molar-refractivity contribution in [1.82, 2.24) is 9.78 Å². The average molecular weight is 438 g/mol. The molecule has 4 rings (SSSR count). The molecule has 7 nitrogen and oxygen atoms in total. The van der Waals surface area contributed by atoms with E-state index >= 15 is 0 Å². The van der Waals surface area contributed by atoms with Gasteiger partial charge in [0, 0.05) is 41.6 Å². The zero-order valence-corrected chi connectivity index (χ0v) is 17.8. The molecular formula is C23H24ClN5O2. The van der Waals surface area contributed by atoms with Crippen molar-refractivity contribution in [3.05, 3.63) is 77.1 Å². The second-order valence-corrected chi connectivity index (χ2v) is 8.09. The van der Waals surface area contributed by atoms with Crippen molar-refractivity contribution < 1.29 is 9.59 Å². The van der Waals surface area contributed by atoms with E-state index in [1.165, 1.54) is 0 Å². The summed E-state index contributed by atoms with van der Waals surface area (Å²) < 4.78 is 1.69. The number of piperidine rings is 1. The molecule has 0 radical (unpaired) electrons. The van der Waals surface area contributed by atoms with Gasteiger partial charge in [0.1, 0.15) is 0 Å². The first-order chi connectivity index (χ1) is 15.0. The number of carbonyl (C=O) groups is 2. The lowest BCUT2D eigenvalue weighted by molar-refractivity contribution is -0.122. The number of halogens is 1. The highest BCUT2D eigenvalue weighted by Crippen LogP contribution is 2.24. The maximum absolute atomic E-state index is 12.6. The van der Waals surface area contributed by atoms with Gasteiger partial charge in [-0.25, -0.2) is 0 Å². The molecule has 1 aliphatic rings. The Balaban J connectivity index is 1.34. The maximum atomic E-state index is 12.6. The monoisotopic (exact) mass is 437 g/mol. The van der Waals surface area contributed by atoms with Crippen LogP contribution in [-0.2, 0) is 11.3 Å². The van der Waals surface area contributed by atoms with E-state index in [0.29, 0.717) is 22.8 Å². The highest BCUT2D eigenvalue weighted by atomic mass is 35.5. The standard InChI is InChI=1S/C23H24ClN5O2/c24-21-4-2-1-3-17(21)14-29-15-18(13-26-29)23(31)27-19-5-7-20(8-6-19)28-11-9-16(10-12-28)22(25)30/h1-8,13,15-16H,9-12,14H2,(H2,25,30)(H,27,31). The summed E-state index contributed by atoms with van der Waals surface area (Å²) in [6.45, 7) is 2.09. The molecule has 1 aliphatic heterocycles. The second kappa shape index (κ2) is 9.22. The summed E-state index contributed by atoms with van der Waals surface area (Å²) in [6.07, 6.45) is 4.79. The smallest absolute Gasteiger partial charge is 0.258 e. The summed E-state index contributed by atoms with van der Waals surface area (Å²) in [5.74, 6) is -0.470. The number of rotatable bonds is 6. The number of aromatic nitrogens is 2. The third-order valence-electron chi connectivity index (χ3n) is 5.57. The number of benzene rings is 2. The molecule has 0 spiro atoms. The lowest BCUT2D eigenvalue weighted by Gasteiger charge is -2.32. The molecule has 1 saturated heterocycles. The minimum atomic E-state index is -0.222. The molecule has 0 unspecified atom stereocenters. The normalized spacial score (nSPS) is 14.4. The van der Waals surface area contributed by atoms with Gasteiger partial charge in [-0.05, 0) is 48.7 Å². The minimum Gasteiger partial charge on any atom is -0.371 e. The molecular weight excluding hydrogens is 414 g/mol. The Bertz CT molecular complexity index is 1070. The number of nitrogens with two attached hydrogens (primary N) is 1. The first kappa shape index (κ1) is 20.9. The van der Waals surface area contributed by atoms with Crippen LogP contribution in [-0.4, -0.2) is 34.7 Å². The van der Waals surface area contributed by atoms with Crippen LogP contribution in [0.15, 0.2) is 60.9 Å². The van der Waals surface area contributed by atoms with Gasteiger partial charge in [0.15, 0.2) is 0 Å². The average Bonchev–Trinajstić information content (AvgIpc) is 3.25. The molecule has 0 atom stereocenters. The van der Waals surface area contributed by atoms with Crippen LogP contribution < -0.4 is 16.0 Å². The molecule has 3 N–H and O–H groups in total. The van der Waals surface area contributed by atoms with Gasteiger partial charge in [0.05, 0.1) is 18.3 Å². The van der Waals surface area contributed by atoms with Crippen molar-refractivity contribution in [2.24, 2.45) is 11.7 Å². The second-order valence-electron chi connectivity index (χ2n) is 7.68. The van der Waals surface area contributed by atoms with Crippen LogP contribution in [0.25, 0.3) is 0 Å². The molecule has 160 valence electrons. The van der Waals surface area contributed by atoms with Crippen LogP contribution >= 0.6 is 11.6 Å². The van der Waals surface area contributed by atoms with Crippen LogP contribution in [0.1, 0.15) is 28.8 Å². The molecule has 1 aromatic heterocycles. The highest BCUT2D eigenvalue weighted by Gasteiger charge is 2.23. The van der Waals surface area contributed by atoms with E-state index in [2.05, 4.69) is 15.3 Å². The number of primary amides is 1. The quantitative estimate of drug-likeness (QED) is 0.616. The van der Waals surface area contributed by atoms with Gasteiger partial charge in [0.2, 0.25) is 5.91 Å². The Kier molecular flexibility index (Phi) is 6.23. The van der Waals surface area contributed by atoms with Crippen molar-refractivity contribution >= 4 is 34.8 Å². The summed E-state index contributed by atoms with van der Waals surface area (Å²) in [5, 5.41) is 7.84. The number of nitrogens with one attached hydrogen (secondary N) is 1. The van der Waals surface area contributed by atoms with Crippen molar-refractivity contribution in [3.63, 3.8) is 0 Å². The predicted molar refractivity (Wildman–Crippen MR) is 121 cm³/mol. The van der Waals surface area contributed by atoms with Crippen LogP contribution in [0.4, 0.5) is 11.4 Å². The Morgan fingerprint density at radius 3 is 2.48 bits per heavy atom. The predicted octanol–water partition coefficient (Wildman–Crippen LogP) is 3.54. The number of anilines is 2. The Morgan fingerprint density at radius 2 is 1.81 bits per heavy atom. The van der Waals surface area contributed by atoms with Gasteiger partial charge in [-0.1, -0.05) is 29.8 Å². The maximum Gasteiger partial charge on any atom is 0.258 e. The van der Waals surface area contributed by atoms with Crippen LogP contribution in [0.5, 0.6) is 0 Å². The zero-order valence-electron chi connectivity index (χ0n) is 17.0. The first-order valence-corrected chi connectivity index (χ1v) is 10.6. The zero-order chi connectivity index (χ0) is 21.8. The van der Waals surface area contributed by atoms with E-state index in [9.17, 15) is 9.59 Å². The summed E-state index contributed by atoms with van der Waals surface area (Å²) in [4.78, 5) is 26.1. The number of amides is 2. The molecule has 2 aromatic carbocycles. The molecule has 31 heavy (non-hydrogen) atoms. The van der Waals surface area contributed by atoms with Crippen molar-refractivity contribution in [2.45, 2.75) is 19.4 Å². The van der Waals surface area contributed by atoms with E-state index in [4.69, 9.17) is 17.3 Å². The van der Waals surface area contributed by atoms with E-state index in [1.807, 2.05) is 48.5 Å². The molecule has 1 fully saturated rings. The first-order valence-electron chi connectivity index (χ1n) is 10.2. The molecule has 0 bridgehead atoms. The molecule has 2 heterocycles. The van der Waals surface area contributed by atoms with Crippen molar-refractivity contribution in [1.29, 1.82) is 0 Å². The number of hydrogen-bond donors (Lipinski definition) is 2. The Labute approximate surface area is 185 Å². The Hall–Kier alpha value is -3.32. The van der Waals surface area contributed by atoms with Gasteiger partial charge >= 0.3 is 0 Å². The van der Waals surface area contributed by atoms with Crippen LogP contribution in [0.3, 0.4) is 0 Å². The summed E-state index contributed by atoms with van der Waals surface area (Å²) in [5.41, 5.74) is 8.59.